The van der Waals surface area contributed by atoms with E-state index in [1.807, 2.05) is 13.8 Å². The highest BCUT2D eigenvalue weighted by Crippen LogP contribution is 2.32. The van der Waals surface area contributed by atoms with Crippen LogP contribution in [0.5, 0.6) is 5.75 Å². The molecule has 0 amide bonds. The normalized spacial score (nSPS) is 12.4. The van der Waals surface area contributed by atoms with E-state index in [2.05, 4.69) is 15.5 Å². The van der Waals surface area contributed by atoms with Crippen LogP contribution < -0.4 is 10.1 Å². The summed E-state index contributed by atoms with van der Waals surface area (Å²) in [7, 11) is 1.48. The molecule has 1 atom stereocenters. The Morgan fingerprint density at radius 3 is 2.80 bits per heavy atom. The predicted octanol–water partition coefficient (Wildman–Crippen LogP) is 2.94. The van der Waals surface area contributed by atoms with Crippen molar-refractivity contribution in [2.24, 2.45) is 0 Å². The fourth-order valence-corrected chi connectivity index (χ4v) is 2.01. The second kappa shape index (κ2) is 6.47. The van der Waals surface area contributed by atoms with Crippen LogP contribution in [-0.4, -0.2) is 23.9 Å². The van der Waals surface area contributed by atoms with Gasteiger partial charge in [0.25, 0.3) is 5.89 Å². The lowest BCUT2D eigenvalue weighted by Crippen LogP contribution is -2.20. The molecule has 1 aromatic heterocycles. The topological polar surface area (TPSA) is 60.2 Å². The molecule has 0 fully saturated rings. The average Bonchev–Trinajstić information content (AvgIpc) is 2.93. The first-order valence-electron chi connectivity index (χ1n) is 6.60. The van der Waals surface area contributed by atoms with Gasteiger partial charge in [-0.2, -0.15) is 0 Å². The molecule has 0 saturated heterocycles. The minimum Gasteiger partial charge on any atom is -0.496 e. The van der Waals surface area contributed by atoms with Crippen LogP contribution >= 0.6 is 0 Å². The Morgan fingerprint density at radius 1 is 1.35 bits per heavy atom. The minimum absolute atomic E-state index is 0.0287. The largest absolute Gasteiger partial charge is 0.496 e. The first kappa shape index (κ1) is 14.5. The monoisotopic (exact) mass is 279 g/mol. The van der Waals surface area contributed by atoms with Gasteiger partial charge in [-0.25, -0.2) is 4.39 Å². The molecule has 2 aromatic rings. The maximum atomic E-state index is 13.9. The van der Waals surface area contributed by atoms with E-state index in [0.29, 0.717) is 11.6 Å². The number of methoxy groups -OCH3 is 1. The summed E-state index contributed by atoms with van der Waals surface area (Å²) >= 11 is 0. The van der Waals surface area contributed by atoms with Gasteiger partial charge in [-0.1, -0.05) is 19.9 Å². The van der Waals surface area contributed by atoms with Gasteiger partial charge < -0.3 is 14.5 Å². The van der Waals surface area contributed by atoms with Crippen molar-refractivity contribution < 1.29 is 13.5 Å². The SMILES string of the molecule is CCNC(CC)c1nnc(-c2c(F)cccc2OC)o1. The summed E-state index contributed by atoms with van der Waals surface area (Å²) < 4.78 is 24.7. The van der Waals surface area contributed by atoms with Crippen LogP contribution in [0.1, 0.15) is 32.2 Å². The molecule has 108 valence electrons. The van der Waals surface area contributed by atoms with Crippen LogP contribution in [-0.2, 0) is 0 Å². The molecule has 0 bridgehead atoms. The van der Waals surface area contributed by atoms with Crippen molar-refractivity contribution in [2.75, 3.05) is 13.7 Å². The number of aromatic nitrogens is 2. The van der Waals surface area contributed by atoms with Crippen LogP contribution in [0.15, 0.2) is 22.6 Å². The number of nitrogens with one attached hydrogen (secondary N) is 1. The van der Waals surface area contributed by atoms with E-state index in [1.54, 1.807) is 12.1 Å². The van der Waals surface area contributed by atoms with Gasteiger partial charge in [0, 0.05) is 0 Å². The fraction of sp³-hybridized carbons (Fsp3) is 0.429. The van der Waals surface area contributed by atoms with Gasteiger partial charge in [0.05, 0.1) is 13.2 Å². The molecule has 0 aliphatic rings. The zero-order valence-corrected chi connectivity index (χ0v) is 11.8. The smallest absolute Gasteiger partial charge is 0.254 e. The Morgan fingerprint density at radius 2 is 2.15 bits per heavy atom. The van der Waals surface area contributed by atoms with Crippen molar-refractivity contribution in [2.45, 2.75) is 26.3 Å². The number of hydrogen-bond donors (Lipinski definition) is 1. The van der Waals surface area contributed by atoms with Crippen molar-refractivity contribution in [1.82, 2.24) is 15.5 Å². The molecular formula is C14H18FN3O2. The summed E-state index contributed by atoms with van der Waals surface area (Å²) in [4.78, 5) is 0. The van der Waals surface area contributed by atoms with Crippen LogP contribution in [0.4, 0.5) is 4.39 Å². The molecule has 2 rings (SSSR count). The van der Waals surface area contributed by atoms with Crippen LogP contribution in [0, 0.1) is 5.82 Å². The number of hydrogen-bond acceptors (Lipinski definition) is 5. The van der Waals surface area contributed by atoms with Crippen molar-refractivity contribution in [1.29, 1.82) is 0 Å². The zero-order valence-electron chi connectivity index (χ0n) is 11.8. The molecule has 6 heteroatoms. The fourth-order valence-electron chi connectivity index (χ4n) is 2.01. The molecule has 0 aliphatic heterocycles. The van der Waals surface area contributed by atoms with Gasteiger partial charge in [-0.05, 0) is 25.1 Å². The molecule has 1 aromatic carbocycles. The Labute approximate surface area is 117 Å². The van der Waals surface area contributed by atoms with Crippen LogP contribution in [0.3, 0.4) is 0 Å². The molecule has 1 heterocycles. The van der Waals surface area contributed by atoms with Gasteiger partial charge in [0.15, 0.2) is 0 Å². The first-order chi connectivity index (χ1) is 9.71. The van der Waals surface area contributed by atoms with E-state index in [9.17, 15) is 4.39 Å². The number of benzene rings is 1. The van der Waals surface area contributed by atoms with E-state index < -0.39 is 5.82 Å². The van der Waals surface area contributed by atoms with Gasteiger partial charge in [-0.15, -0.1) is 10.2 Å². The van der Waals surface area contributed by atoms with Gasteiger partial charge in [-0.3, -0.25) is 0 Å². The summed E-state index contributed by atoms with van der Waals surface area (Å²) in [5.41, 5.74) is 0.195. The second-order valence-corrected chi connectivity index (χ2v) is 4.28. The molecule has 1 unspecified atom stereocenters. The van der Waals surface area contributed by atoms with Gasteiger partial charge in [0.1, 0.15) is 17.1 Å². The molecule has 0 spiro atoms. The first-order valence-corrected chi connectivity index (χ1v) is 6.60. The summed E-state index contributed by atoms with van der Waals surface area (Å²) in [5, 5.41) is 11.2. The van der Waals surface area contributed by atoms with E-state index in [-0.39, 0.29) is 17.5 Å². The quantitative estimate of drug-likeness (QED) is 0.881. The zero-order chi connectivity index (χ0) is 14.5. The molecule has 20 heavy (non-hydrogen) atoms. The summed E-state index contributed by atoms with van der Waals surface area (Å²) in [6.45, 7) is 4.81. The Hall–Kier alpha value is -1.95. The van der Waals surface area contributed by atoms with Gasteiger partial charge >= 0.3 is 0 Å². The molecule has 1 N–H and O–H groups in total. The third kappa shape index (κ3) is 2.80. The Kier molecular flexibility index (Phi) is 4.68. The van der Waals surface area contributed by atoms with E-state index in [0.717, 1.165) is 13.0 Å². The number of rotatable bonds is 6. The van der Waals surface area contributed by atoms with E-state index in [4.69, 9.17) is 9.15 Å². The summed E-state index contributed by atoms with van der Waals surface area (Å²) in [6, 6.07) is 4.54. The van der Waals surface area contributed by atoms with E-state index in [1.165, 1.54) is 13.2 Å². The van der Waals surface area contributed by atoms with Crippen molar-refractivity contribution in [3.8, 4) is 17.2 Å². The maximum Gasteiger partial charge on any atom is 0.254 e. The number of halogens is 1. The molecule has 5 nitrogen and oxygen atoms in total. The predicted molar refractivity (Wildman–Crippen MR) is 73.0 cm³/mol. The lowest BCUT2D eigenvalue weighted by atomic mass is 10.2. The maximum absolute atomic E-state index is 13.9. The number of ether oxygens (including phenoxy) is 1. The lowest BCUT2D eigenvalue weighted by Gasteiger charge is -2.10. The third-order valence-electron chi connectivity index (χ3n) is 3.01. The highest BCUT2D eigenvalue weighted by Gasteiger charge is 2.21. The Balaban J connectivity index is 2.38. The summed E-state index contributed by atoms with van der Waals surface area (Å²) in [6.07, 6.45) is 0.809. The van der Waals surface area contributed by atoms with Crippen molar-refractivity contribution >= 4 is 0 Å². The average molecular weight is 279 g/mol. The molecule has 0 aliphatic carbocycles. The van der Waals surface area contributed by atoms with Crippen molar-refractivity contribution in [3.05, 3.63) is 29.9 Å². The molecule has 0 radical (unpaired) electrons. The number of nitrogens with zero attached hydrogens (tertiary/aromatic N) is 2. The highest BCUT2D eigenvalue weighted by atomic mass is 19.1. The van der Waals surface area contributed by atoms with Crippen molar-refractivity contribution in [3.63, 3.8) is 0 Å². The highest BCUT2D eigenvalue weighted by molar-refractivity contribution is 5.63. The van der Waals surface area contributed by atoms with Gasteiger partial charge in [0.2, 0.25) is 5.89 Å². The van der Waals surface area contributed by atoms with Crippen LogP contribution in [0.2, 0.25) is 0 Å². The lowest BCUT2D eigenvalue weighted by molar-refractivity contribution is 0.393. The second-order valence-electron chi connectivity index (χ2n) is 4.28. The minimum atomic E-state index is -0.448. The molecule has 0 saturated carbocycles. The third-order valence-corrected chi connectivity index (χ3v) is 3.01. The summed E-state index contributed by atoms with van der Waals surface area (Å²) in [5.74, 6) is 0.508. The standard InChI is InChI=1S/C14H18FN3O2/c1-4-10(16-5-2)13-17-18-14(20-13)12-9(15)7-6-8-11(12)19-3/h6-8,10,16H,4-5H2,1-3H3. The molecular weight excluding hydrogens is 261 g/mol. The van der Waals surface area contributed by atoms with Crippen LogP contribution in [0.25, 0.3) is 11.5 Å². The Bertz CT molecular complexity index is 571. The van der Waals surface area contributed by atoms with E-state index >= 15 is 0 Å².